The van der Waals surface area contributed by atoms with E-state index < -0.39 is 0 Å². The number of nitrogens with zero attached hydrogens (tertiary/aromatic N) is 1. The van der Waals surface area contributed by atoms with Gasteiger partial charge >= 0.3 is 0 Å². The van der Waals surface area contributed by atoms with Gasteiger partial charge in [-0.1, -0.05) is 12.2 Å². The van der Waals surface area contributed by atoms with Gasteiger partial charge in [0, 0.05) is 6.08 Å². The maximum Gasteiger partial charge on any atom is 0.217 e. The van der Waals surface area contributed by atoms with Crippen molar-refractivity contribution in [1.82, 2.24) is 4.58 Å². The van der Waals surface area contributed by atoms with E-state index in [1.54, 1.807) is 28.4 Å². The fourth-order valence-corrected chi connectivity index (χ4v) is 3.89. The molecule has 0 fully saturated rings. The van der Waals surface area contributed by atoms with Gasteiger partial charge in [-0.2, -0.15) is 4.58 Å². The first kappa shape index (κ1) is 16.5. The summed E-state index contributed by atoms with van der Waals surface area (Å²) in [5, 5.41) is 2.21. The van der Waals surface area contributed by atoms with Gasteiger partial charge in [0.25, 0.3) is 0 Å². The zero-order valence-electron chi connectivity index (χ0n) is 15.4. The molecule has 2 aliphatic heterocycles. The van der Waals surface area contributed by atoms with Crippen molar-refractivity contribution in [2.45, 2.75) is 0 Å². The highest BCUT2D eigenvalue weighted by Gasteiger charge is 2.40. The Morgan fingerprint density at radius 3 is 2.38 bits per heavy atom. The molecule has 2 heterocycles. The highest BCUT2D eigenvalue weighted by molar-refractivity contribution is 5.71. The second-order valence-corrected chi connectivity index (χ2v) is 6.21. The number of methoxy groups -OCH3 is 4. The summed E-state index contributed by atoms with van der Waals surface area (Å²) in [6.07, 6.45) is 10.4. The third kappa shape index (κ3) is 2.27. The van der Waals surface area contributed by atoms with Gasteiger partial charge in [-0.15, -0.1) is 0 Å². The molecule has 1 aliphatic carbocycles. The quantitative estimate of drug-likeness (QED) is 0.770. The minimum absolute atomic E-state index is 0.0181. The molecule has 5 nitrogen and oxygen atoms in total. The number of rotatable bonds is 4. The summed E-state index contributed by atoms with van der Waals surface area (Å²) in [5.74, 6) is 2.98. The van der Waals surface area contributed by atoms with E-state index in [0.717, 1.165) is 45.7 Å². The van der Waals surface area contributed by atoms with Gasteiger partial charge in [-0.05, 0) is 23.8 Å². The first-order valence-corrected chi connectivity index (χ1v) is 8.51. The van der Waals surface area contributed by atoms with Crippen LogP contribution in [0.4, 0.5) is 0 Å². The Morgan fingerprint density at radius 1 is 0.923 bits per heavy atom. The lowest BCUT2D eigenvalue weighted by atomic mass is 9.84. The third-order valence-corrected chi connectivity index (χ3v) is 5.07. The smallest absolute Gasteiger partial charge is 0.217 e. The van der Waals surface area contributed by atoms with Crippen molar-refractivity contribution in [1.29, 1.82) is 0 Å². The average molecular weight is 352 g/mol. The molecule has 0 spiro atoms. The number of hydrogen-bond acceptors (Lipinski definition) is 4. The predicted molar refractivity (Wildman–Crippen MR) is 99.2 cm³/mol. The number of hydrogen-bond donors (Lipinski definition) is 0. The first-order chi connectivity index (χ1) is 12.7. The normalized spacial score (nSPS) is 20.2. The number of allylic oxidation sites excluding steroid dienone is 4. The van der Waals surface area contributed by atoms with Gasteiger partial charge in [0.05, 0.1) is 39.7 Å². The standard InChI is InChI=1S/C21H22NO4/c1-23-17-9-8-13-14-11-18(24-2)19(25-3)12-16(14)22-10-6-5-7-15(22)20(13)21(17)26-4/h5-9,11-12,20H,10H2,1-4H3/q+1. The van der Waals surface area contributed by atoms with Crippen LogP contribution in [0, 0.1) is 5.92 Å². The molecular weight excluding hydrogens is 330 g/mol. The molecule has 0 saturated heterocycles. The molecule has 0 radical (unpaired) electrons. The van der Waals surface area contributed by atoms with Crippen LogP contribution in [0.25, 0.3) is 5.57 Å². The van der Waals surface area contributed by atoms with Gasteiger partial charge in [0.1, 0.15) is 5.92 Å². The zero-order chi connectivity index (χ0) is 18.3. The van der Waals surface area contributed by atoms with E-state index in [1.165, 1.54) is 0 Å². The molecule has 0 saturated carbocycles. The SMILES string of the molecule is COC1=C(OC)C2C3=CC=CC[N+]3=c3cc(OC)c(OC)cc3=C2C=C1. The molecule has 1 aromatic rings. The molecule has 3 aliphatic rings. The summed E-state index contributed by atoms with van der Waals surface area (Å²) in [6.45, 7) is 0.793. The summed E-state index contributed by atoms with van der Waals surface area (Å²) < 4.78 is 24.7. The van der Waals surface area contributed by atoms with Gasteiger partial charge in [0.2, 0.25) is 5.36 Å². The van der Waals surface area contributed by atoms with Crippen LogP contribution >= 0.6 is 0 Å². The summed E-state index contributed by atoms with van der Waals surface area (Å²) >= 11 is 0. The topological polar surface area (TPSA) is 39.9 Å². The molecule has 0 amide bonds. The minimum atomic E-state index is -0.0181. The molecule has 1 atom stereocenters. The molecule has 0 N–H and O–H groups in total. The van der Waals surface area contributed by atoms with Crippen molar-refractivity contribution in [3.8, 4) is 11.5 Å². The molecule has 26 heavy (non-hydrogen) atoms. The maximum atomic E-state index is 5.76. The van der Waals surface area contributed by atoms with E-state index in [4.69, 9.17) is 18.9 Å². The van der Waals surface area contributed by atoms with Crippen LogP contribution < -0.4 is 24.6 Å². The van der Waals surface area contributed by atoms with E-state index in [2.05, 4.69) is 28.9 Å². The molecule has 1 unspecified atom stereocenters. The molecule has 1 aromatic carbocycles. The lowest BCUT2D eigenvalue weighted by molar-refractivity contribution is 0.210. The Labute approximate surface area is 152 Å². The Hall–Kier alpha value is -2.95. The van der Waals surface area contributed by atoms with Crippen LogP contribution in [0.2, 0.25) is 0 Å². The number of ether oxygens (including phenoxy) is 4. The van der Waals surface area contributed by atoms with Crippen LogP contribution in [0.5, 0.6) is 11.5 Å². The van der Waals surface area contributed by atoms with Crippen molar-refractivity contribution in [2.24, 2.45) is 5.92 Å². The van der Waals surface area contributed by atoms with Crippen molar-refractivity contribution >= 4 is 5.57 Å². The lowest BCUT2D eigenvalue weighted by Crippen LogP contribution is -2.48. The van der Waals surface area contributed by atoms with Crippen molar-refractivity contribution in [2.75, 3.05) is 35.0 Å². The first-order valence-electron chi connectivity index (χ1n) is 8.51. The average Bonchev–Trinajstić information content (AvgIpc) is 2.71. The fraction of sp³-hybridized carbons (Fsp3) is 0.286. The van der Waals surface area contributed by atoms with Crippen LogP contribution in [0.1, 0.15) is 0 Å². The van der Waals surface area contributed by atoms with Crippen molar-refractivity contribution < 1.29 is 18.9 Å². The molecule has 134 valence electrons. The van der Waals surface area contributed by atoms with Crippen LogP contribution in [-0.2, 0) is 9.47 Å². The molecule has 0 bridgehead atoms. The maximum absolute atomic E-state index is 5.76. The highest BCUT2D eigenvalue weighted by atomic mass is 16.5. The number of fused-ring (bicyclic) bond motifs is 4. The Bertz CT molecular complexity index is 1010. The van der Waals surface area contributed by atoms with Gasteiger partial charge < -0.3 is 18.9 Å². The van der Waals surface area contributed by atoms with Crippen molar-refractivity contribution in [3.63, 3.8) is 0 Å². The minimum Gasteiger partial charge on any atom is -0.496 e. The monoisotopic (exact) mass is 352 g/mol. The summed E-state index contributed by atoms with van der Waals surface area (Å²) in [4.78, 5) is 0. The second-order valence-electron chi connectivity index (χ2n) is 6.21. The number of benzene rings is 1. The summed E-state index contributed by atoms with van der Waals surface area (Å²) in [7, 11) is 6.68. The predicted octanol–water partition coefficient (Wildman–Crippen LogP) is 1.50. The van der Waals surface area contributed by atoms with Crippen LogP contribution in [0.15, 0.2) is 59.7 Å². The lowest BCUT2D eigenvalue weighted by Gasteiger charge is -2.28. The Morgan fingerprint density at radius 2 is 1.69 bits per heavy atom. The van der Waals surface area contributed by atoms with Crippen LogP contribution in [-0.4, -0.2) is 35.0 Å². The van der Waals surface area contributed by atoms with E-state index in [9.17, 15) is 0 Å². The third-order valence-electron chi connectivity index (χ3n) is 5.07. The Kier molecular flexibility index (Phi) is 4.07. The fourth-order valence-electron chi connectivity index (χ4n) is 3.89. The van der Waals surface area contributed by atoms with Gasteiger partial charge in [-0.25, -0.2) is 0 Å². The van der Waals surface area contributed by atoms with Gasteiger partial charge in [0.15, 0.2) is 35.3 Å². The van der Waals surface area contributed by atoms with Gasteiger partial charge in [-0.3, -0.25) is 0 Å². The summed E-state index contributed by atoms with van der Waals surface area (Å²) in [5.41, 5.74) is 2.33. The zero-order valence-corrected chi connectivity index (χ0v) is 15.4. The largest absolute Gasteiger partial charge is 0.496 e. The summed E-state index contributed by atoms with van der Waals surface area (Å²) in [6, 6.07) is 4.08. The molecule has 4 rings (SSSR count). The molecule has 0 aromatic heterocycles. The van der Waals surface area contributed by atoms with Crippen molar-refractivity contribution in [3.05, 3.63) is 70.3 Å². The van der Waals surface area contributed by atoms with E-state index in [-0.39, 0.29) is 5.92 Å². The Balaban J connectivity index is 2.12. The van der Waals surface area contributed by atoms with E-state index in [0.29, 0.717) is 5.75 Å². The van der Waals surface area contributed by atoms with E-state index in [1.807, 2.05) is 18.2 Å². The van der Waals surface area contributed by atoms with E-state index >= 15 is 0 Å². The highest BCUT2D eigenvalue weighted by Crippen LogP contribution is 2.38. The van der Waals surface area contributed by atoms with Crippen LogP contribution in [0.3, 0.4) is 0 Å². The molecular formula is C21H22NO4+. The molecule has 5 heteroatoms. The second kappa shape index (κ2) is 6.41.